The number of aromatic nitrogens is 2. The molecule has 0 fully saturated rings. The summed E-state index contributed by atoms with van der Waals surface area (Å²) in [7, 11) is 1.97. The van der Waals surface area contributed by atoms with Crippen LogP contribution in [0.15, 0.2) is 46.8 Å². The summed E-state index contributed by atoms with van der Waals surface area (Å²) >= 11 is 3.24. The molecule has 114 valence electrons. The molecule has 0 radical (unpaired) electrons. The molecular weight excluding hydrogens is 316 g/mol. The van der Waals surface area contributed by atoms with Crippen molar-refractivity contribution in [2.75, 3.05) is 12.3 Å². The molecule has 22 heavy (non-hydrogen) atoms. The fourth-order valence-electron chi connectivity index (χ4n) is 2.02. The van der Waals surface area contributed by atoms with E-state index in [4.69, 9.17) is 0 Å². The first kappa shape index (κ1) is 15.2. The number of hydrogen-bond acceptors (Lipinski definition) is 5. The van der Waals surface area contributed by atoms with Gasteiger partial charge in [0.2, 0.25) is 0 Å². The molecule has 1 aromatic carbocycles. The average Bonchev–Trinajstić information content (AvgIpc) is 3.17. The number of amidine groups is 1. The Hall–Kier alpha value is -1.73. The smallest absolute Gasteiger partial charge is 0.257 e. The molecule has 1 N–H and O–H groups in total. The first-order valence-electron chi connectivity index (χ1n) is 6.90. The molecule has 0 saturated heterocycles. The van der Waals surface area contributed by atoms with Crippen molar-refractivity contribution in [1.29, 1.82) is 0 Å². The second kappa shape index (κ2) is 7.02. The number of carbonyl (C=O) groups is 1. The molecule has 1 aromatic heterocycles. The van der Waals surface area contributed by atoms with E-state index in [1.54, 1.807) is 29.7 Å². The summed E-state index contributed by atoms with van der Waals surface area (Å²) in [5, 5.41) is 4.54. The van der Waals surface area contributed by atoms with Crippen molar-refractivity contribution >= 4 is 34.6 Å². The number of hydrogen-bond donors (Lipinski definition) is 1. The van der Waals surface area contributed by atoms with Crippen LogP contribution in [0.5, 0.6) is 0 Å². The number of nitrogens with zero attached hydrogens (tertiary/aromatic N) is 3. The molecule has 1 aliphatic rings. The zero-order valence-electron chi connectivity index (χ0n) is 12.2. The first-order valence-corrected chi connectivity index (χ1v) is 8.87. The molecule has 0 atom stereocenters. The lowest BCUT2D eigenvalue weighted by Gasteiger charge is -2.06. The van der Waals surface area contributed by atoms with E-state index in [1.807, 2.05) is 42.1 Å². The Labute approximate surface area is 137 Å². The molecule has 0 aliphatic carbocycles. The van der Waals surface area contributed by atoms with Gasteiger partial charge in [-0.2, -0.15) is 0 Å². The highest BCUT2D eigenvalue weighted by atomic mass is 32.2. The number of benzene rings is 1. The Morgan fingerprint density at radius 2 is 2.41 bits per heavy atom. The van der Waals surface area contributed by atoms with Gasteiger partial charge in [0.05, 0.1) is 6.54 Å². The molecule has 2 heterocycles. The van der Waals surface area contributed by atoms with Gasteiger partial charge in [-0.05, 0) is 17.7 Å². The Bertz CT molecular complexity index is 711. The van der Waals surface area contributed by atoms with Crippen LogP contribution < -0.4 is 5.32 Å². The third-order valence-corrected chi connectivity index (χ3v) is 5.16. The maximum atomic E-state index is 12.2. The fourth-order valence-corrected chi connectivity index (χ4v) is 3.62. The molecule has 5 nitrogen and oxygen atoms in total. The van der Waals surface area contributed by atoms with Gasteiger partial charge in [-0.25, -0.2) is 4.98 Å². The summed E-state index contributed by atoms with van der Waals surface area (Å²) in [6.07, 6.45) is 3.71. The Morgan fingerprint density at radius 3 is 3.14 bits per heavy atom. The van der Waals surface area contributed by atoms with Crippen molar-refractivity contribution in [1.82, 2.24) is 14.9 Å². The zero-order valence-corrected chi connectivity index (χ0v) is 13.8. The third-order valence-electron chi connectivity index (χ3n) is 3.14. The van der Waals surface area contributed by atoms with Gasteiger partial charge >= 0.3 is 0 Å². The Morgan fingerprint density at radius 1 is 1.50 bits per heavy atom. The molecule has 0 bridgehead atoms. The van der Waals surface area contributed by atoms with Gasteiger partial charge < -0.3 is 9.88 Å². The first-order chi connectivity index (χ1) is 10.7. The normalized spacial score (nSPS) is 14.0. The van der Waals surface area contributed by atoms with Crippen molar-refractivity contribution in [3.63, 3.8) is 0 Å². The molecule has 0 spiro atoms. The van der Waals surface area contributed by atoms with Gasteiger partial charge in [-0.1, -0.05) is 35.7 Å². The predicted molar refractivity (Wildman–Crippen MR) is 91.4 cm³/mol. The van der Waals surface area contributed by atoms with Crippen LogP contribution in [0.1, 0.15) is 15.9 Å². The maximum Gasteiger partial charge on any atom is 0.257 e. The number of nitrogens with one attached hydrogen (secondary N) is 1. The molecule has 2 aromatic rings. The lowest BCUT2D eigenvalue weighted by molar-refractivity contribution is 0.0978. The minimum Gasteiger partial charge on any atom is -0.329 e. The summed E-state index contributed by atoms with van der Waals surface area (Å²) in [6, 6.07) is 7.68. The number of carbonyl (C=O) groups excluding carboxylic acids is 1. The third kappa shape index (κ3) is 3.72. The van der Waals surface area contributed by atoms with Crippen molar-refractivity contribution in [3.05, 3.63) is 47.8 Å². The van der Waals surface area contributed by atoms with Crippen LogP contribution in [0.2, 0.25) is 0 Å². The van der Waals surface area contributed by atoms with Gasteiger partial charge in [-0.3, -0.25) is 9.79 Å². The van der Waals surface area contributed by atoms with E-state index < -0.39 is 0 Å². The van der Waals surface area contributed by atoms with E-state index in [0.717, 1.165) is 33.9 Å². The molecule has 0 unspecified atom stereocenters. The van der Waals surface area contributed by atoms with Gasteiger partial charge in [-0.15, -0.1) is 0 Å². The van der Waals surface area contributed by atoms with Crippen molar-refractivity contribution in [2.24, 2.45) is 12.0 Å². The number of rotatable bonds is 4. The molecule has 1 aliphatic heterocycles. The van der Waals surface area contributed by atoms with E-state index in [9.17, 15) is 4.79 Å². The van der Waals surface area contributed by atoms with E-state index in [2.05, 4.69) is 15.3 Å². The monoisotopic (exact) mass is 332 g/mol. The summed E-state index contributed by atoms with van der Waals surface area (Å²) in [5.74, 6) is 1.62. The summed E-state index contributed by atoms with van der Waals surface area (Å²) in [6.45, 7) is 0.778. The van der Waals surface area contributed by atoms with Gasteiger partial charge in [0, 0.05) is 36.5 Å². The summed E-state index contributed by atoms with van der Waals surface area (Å²) in [4.78, 5) is 20.7. The molecule has 1 amide bonds. The number of aryl methyl sites for hydroxylation is 1. The minimum atomic E-state index is -0.100. The lowest BCUT2D eigenvalue weighted by atomic mass is 10.1. The van der Waals surface area contributed by atoms with Crippen LogP contribution in [0, 0.1) is 0 Å². The lowest BCUT2D eigenvalue weighted by Crippen LogP contribution is -2.27. The van der Waals surface area contributed by atoms with Crippen LogP contribution in [-0.4, -0.2) is 32.9 Å². The topological polar surface area (TPSA) is 59.3 Å². The van der Waals surface area contributed by atoms with Gasteiger partial charge in [0.15, 0.2) is 10.3 Å². The van der Waals surface area contributed by atoms with E-state index in [-0.39, 0.29) is 5.91 Å². The van der Waals surface area contributed by atoms with Crippen LogP contribution in [0.25, 0.3) is 0 Å². The van der Waals surface area contributed by atoms with Crippen molar-refractivity contribution < 1.29 is 4.79 Å². The number of aliphatic imine (C=N–C) groups is 1. The van der Waals surface area contributed by atoms with Crippen LogP contribution in [0.4, 0.5) is 0 Å². The Balaban J connectivity index is 1.64. The standard InChI is InChI=1S/C15H16N4OS2/c1-19-7-5-17-15(19)22-10-11-3-2-4-12(9-11)13(20)18-14-16-6-8-21-14/h2-5,7,9H,6,8,10H2,1H3,(H,16,18,20). The van der Waals surface area contributed by atoms with E-state index >= 15 is 0 Å². The second-order valence-electron chi connectivity index (χ2n) is 4.80. The molecular formula is C15H16N4OS2. The number of thioether (sulfide) groups is 2. The SMILES string of the molecule is Cn1ccnc1SCc1cccc(C(=O)NC2=NCCS2)c1. The van der Waals surface area contributed by atoms with Crippen molar-refractivity contribution in [3.8, 4) is 0 Å². The fraction of sp³-hybridized carbons (Fsp3) is 0.267. The highest BCUT2D eigenvalue weighted by Gasteiger charge is 2.13. The number of amides is 1. The van der Waals surface area contributed by atoms with Gasteiger partial charge in [0.25, 0.3) is 5.91 Å². The summed E-state index contributed by atoms with van der Waals surface area (Å²) < 4.78 is 1.98. The summed E-state index contributed by atoms with van der Waals surface area (Å²) in [5.41, 5.74) is 1.76. The zero-order chi connectivity index (χ0) is 15.4. The highest BCUT2D eigenvalue weighted by Crippen LogP contribution is 2.21. The number of imidazole rings is 1. The predicted octanol–water partition coefficient (Wildman–Crippen LogP) is 2.55. The quantitative estimate of drug-likeness (QED) is 0.874. The van der Waals surface area contributed by atoms with Gasteiger partial charge in [0.1, 0.15) is 0 Å². The second-order valence-corrected chi connectivity index (χ2v) is 6.83. The van der Waals surface area contributed by atoms with E-state index in [0.29, 0.717) is 5.56 Å². The largest absolute Gasteiger partial charge is 0.329 e. The highest BCUT2D eigenvalue weighted by molar-refractivity contribution is 8.14. The average molecular weight is 332 g/mol. The minimum absolute atomic E-state index is 0.100. The maximum absolute atomic E-state index is 12.2. The van der Waals surface area contributed by atoms with Crippen LogP contribution in [-0.2, 0) is 12.8 Å². The molecule has 3 rings (SSSR count). The molecule has 0 saturated carbocycles. The van der Waals surface area contributed by atoms with Crippen LogP contribution in [0.3, 0.4) is 0 Å². The van der Waals surface area contributed by atoms with E-state index in [1.165, 1.54) is 0 Å². The van der Waals surface area contributed by atoms with Crippen molar-refractivity contribution in [2.45, 2.75) is 10.9 Å². The Kier molecular flexibility index (Phi) is 4.84. The molecule has 7 heteroatoms. The van der Waals surface area contributed by atoms with Crippen LogP contribution >= 0.6 is 23.5 Å².